The molecule has 1 aromatic heterocycles. The zero-order valence-corrected chi connectivity index (χ0v) is 33.1. The van der Waals surface area contributed by atoms with Gasteiger partial charge in [-0.1, -0.05) is 83.9 Å². The number of methoxy groups -OCH3 is 2. The van der Waals surface area contributed by atoms with Crippen molar-refractivity contribution in [3.8, 4) is 17.2 Å². The highest BCUT2D eigenvalue weighted by molar-refractivity contribution is 6.35. The first-order valence-corrected chi connectivity index (χ1v) is 19.5. The Morgan fingerprint density at radius 1 is 0.842 bits per heavy atom. The molecule has 3 aliphatic heterocycles. The summed E-state index contributed by atoms with van der Waals surface area (Å²) in [6.07, 6.45) is 3.14. The number of carbonyl (C=O) groups is 2. The molecule has 5 aromatic rings. The highest BCUT2D eigenvalue weighted by atomic mass is 35.5. The molecule has 0 aliphatic carbocycles. The lowest BCUT2D eigenvalue weighted by molar-refractivity contribution is -0.605. The fraction of sp³-hybridized carbons (Fsp3) is 0.295. The Morgan fingerprint density at radius 2 is 1.56 bits per heavy atom. The summed E-state index contributed by atoms with van der Waals surface area (Å²) >= 11 is 12.9. The van der Waals surface area contributed by atoms with Crippen molar-refractivity contribution in [3.63, 3.8) is 0 Å². The number of ether oxygens (including phenoxy) is 5. The van der Waals surface area contributed by atoms with Crippen LogP contribution in [0.1, 0.15) is 63.2 Å². The van der Waals surface area contributed by atoms with Crippen molar-refractivity contribution in [2.75, 3.05) is 33.9 Å². The number of amides is 1. The second-order valence-corrected chi connectivity index (χ2v) is 15.0. The van der Waals surface area contributed by atoms with Crippen LogP contribution in [0, 0.1) is 11.1 Å². The van der Waals surface area contributed by atoms with Crippen molar-refractivity contribution in [2.24, 2.45) is 5.92 Å². The minimum atomic E-state index is -0.864. The van der Waals surface area contributed by atoms with Gasteiger partial charge >= 0.3 is 12.1 Å². The predicted octanol–water partition coefficient (Wildman–Crippen LogP) is 8.27. The van der Waals surface area contributed by atoms with E-state index in [1.54, 1.807) is 36.4 Å². The number of esters is 1. The van der Waals surface area contributed by atoms with E-state index in [-0.39, 0.29) is 29.2 Å². The first kappa shape index (κ1) is 39.7. The molecule has 1 amide bonds. The van der Waals surface area contributed by atoms with Crippen molar-refractivity contribution in [1.29, 1.82) is 0 Å². The molecule has 0 spiro atoms. The lowest BCUT2D eigenvalue weighted by atomic mass is 9.86. The minimum absolute atomic E-state index is 0.0785. The molecule has 0 unspecified atom stereocenters. The highest BCUT2D eigenvalue weighted by Crippen LogP contribution is 2.36. The van der Waals surface area contributed by atoms with Crippen molar-refractivity contribution >= 4 is 35.3 Å². The molecule has 3 saturated heterocycles. The molecule has 296 valence electrons. The van der Waals surface area contributed by atoms with Crippen molar-refractivity contribution in [1.82, 2.24) is 10.2 Å². The number of benzene rings is 4. The van der Waals surface area contributed by atoms with E-state index >= 15 is 0 Å². The number of hydrogen-bond acceptors (Lipinski definition) is 9. The van der Waals surface area contributed by atoms with Crippen LogP contribution in [-0.2, 0) is 22.5 Å². The summed E-state index contributed by atoms with van der Waals surface area (Å²) in [5.74, 6) is 1.33. The van der Waals surface area contributed by atoms with Crippen molar-refractivity contribution in [3.05, 3.63) is 158 Å². The fourth-order valence-corrected chi connectivity index (χ4v) is 8.06. The number of nitrogens with one attached hydrogen (secondary N) is 1. The van der Waals surface area contributed by atoms with Crippen molar-refractivity contribution < 1.29 is 38.0 Å². The summed E-state index contributed by atoms with van der Waals surface area (Å²) in [7, 11) is 3.04. The van der Waals surface area contributed by atoms with Crippen LogP contribution in [0.5, 0.6) is 17.2 Å². The number of halogens is 2. The number of fused-ring (bicyclic) bond motifs is 3. The number of aromatic nitrogens is 1. The van der Waals surface area contributed by atoms with E-state index < -0.39 is 24.2 Å². The Bertz CT molecular complexity index is 2180. The summed E-state index contributed by atoms with van der Waals surface area (Å²) in [5.41, 5.74) is 3.80. The van der Waals surface area contributed by atoms with E-state index in [4.69, 9.17) is 46.9 Å². The minimum Gasteiger partial charge on any atom is -0.619 e. The van der Waals surface area contributed by atoms with Crippen LogP contribution in [0.3, 0.4) is 0 Å². The number of pyridine rings is 1. The first-order valence-electron chi connectivity index (χ1n) is 18.7. The maximum absolute atomic E-state index is 13.8. The van der Waals surface area contributed by atoms with Crippen LogP contribution in [0.15, 0.2) is 109 Å². The van der Waals surface area contributed by atoms with Gasteiger partial charge in [-0.3, -0.25) is 4.90 Å². The molecular weight excluding hydrogens is 769 g/mol. The average Bonchev–Trinajstić information content (AvgIpc) is 3.23. The maximum atomic E-state index is 13.8. The molecular formula is C44H43Cl2N3O8. The number of rotatable bonds is 14. The van der Waals surface area contributed by atoms with Crippen molar-refractivity contribution in [2.45, 2.75) is 44.1 Å². The van der Waals surface area contributed by atoms with Gasteiger partial charge in [-0.2, -0.15) is 4.73 Å². The smallest absolute Gasteiger partial charge is 0.408 e. The molecule has 3 fully saturated rings. The van der Waals surface area contributed by atoms with E-state index in [1.807, 2.05) is 60.7 Å². The average molecular weight is 813 g/mol. The molecule has 57 heavy (non-hydrogen) atoms. The van der Waals surface area contributed by atoms with Gasteiger partial charge in [-0.25, -0.2) is 9.59 Å². The SMILES string of the molecule is COc1ccc([C@H](Cc2c(Cl)c[n+]([O-])cc2Cl)OC(=O)c2cccc(COc3cccc([C@@H](NC(=O)O[C@H]4CN5CCC4CC5)c4ccccc4)c3)c2)cc1OC. The molecule has 3 aliphatic rings. The third-order valence-corrected chi connectivity index (χ3v) is 11.1. The zero-order chi connectivity index (χ0) is 39.9. The van der Waals surface area contributed by atoms with Crippen LogP contribution in [-0.4, -0.2) is 56.9 Å². The molecule has 0 radical (unpaired) electrons. The molecule has 11 nitrogen and oxygen atoms in total. The largest absolute Gasteiger partial charge is 0.619 e. The van der Waals surface area contributed by atoms with Gasteiger partial charge in [0.15, 0.2) is 23.9 Å². The molecule has 3 atom stereocenters. The van der Waals surface area contributed by atoms with Crippen LogP contribution < -0.4 is 24.3 Å². The quantitative estimate of drug-likeness (QED) is 0.0671. The summed E-state index contributed by atoms with van der Waals surface area (Å²) in [5, 5.41) is 15.3. The van der Waals surface area contributed by atoms with Gasteiger partial charge in [-0.15, -0.1) is 0 Å². The zero-order valence-electron chi connectivity index (χ0n) is 31.6. The third kappa shape index (κ3) is 9.73. The summed E-state index contributed by atoms with van der Waals surface area (Å²) in [6, 6.07) is 29.0. The van der Waals surface area contributed by atoms with Crippen LogP contribution in [0.2, 0.25) is 10.0 Å². The molecule has 8 rings (SSSR count). The second-order valence-electron chi connectivity index (χ2n) is 14.1. The monoisotopic (exact) mass is 811 g/mol. The Hall–Kier alpha value is -5.49. The Labute approximate surface area is 341 Å². The molecule has 1 N–H and O–H groups in total. The van der Waals surface area contributed by atoms with E-state index in [0.717, 1.165) is 49.2 Å². The molecule has 13 heteroatoms. The van der Waals surface area contributed by atoms with E-state index in [0.29, 0.717) is 44.6 Å². The topological polar surface area (TPSA) is 123 Å². The van der Waals surface area contributed by atoms with E-state index in [9.17, 15) is 14.8 Å². The molecule has 4 aromatic carbocycles. The molecule has 0 saturated carbocycles. The first-order chi connectivity index (χ1) is 27.7. The van der Waals surface area contributed by atoms with Gasteiger partial charge in [0.1, 0.15) is 34.6 Å². The maximum Gasteiger partial charge on any atom is 0.408 e. The van der Waals surface area contributed by atoms with Crippen LogP contribution >= 0.6 is 23.2 Å². The lowest BCUT2D eigenvalue weighted by Crippen LogP contribution is -2.52. The number of carbonyl (C=O) groups excluding carboxylic acids is 2. The summed E-state index contributed by atoms with van der Waals surface area (Å²) < 4.78 is 29.8. The number of hydrogen-bond donors (Lipinski definition) is 1. The molecule has 4 heterocycles. The summed E-state index contributed by atoms with van der Waals surface area (Å²) in [4.78, 5) is 29.4. The number of alkyl carbamates (subject to hydrolysis) is 1. The van der Waals surface area contributed by atoms with Crippen LogP contribution in [0.4, 0.5) is 4.79 Å². The standard InChI is InChI=1S/C44H43Cl2N3O8/c1-53-38-15-14-31(22-40(38)54-2)39(23-35-36(45)24-49(52)25-37(35)46)56-43(50)33-12-6-8-28(20-33)27-55-34-13-7-11-32(21-34)42(30-9-4-3-5-10-30)47-44(51)57-41-26-48-18-16-29(41)17-19-48/h3-15,20-22,24-25,29,39,41-42H,16-19,23,26-27H2,1-2H3,(H,47,51)/t39-,41-,42-/m0/s1. The Morgan fingerprint density at radius 3 is 2.26 bits per heavy atom. The lowest BCUT2D eigenvalue weighted by Gasteiger charge is -2.43. The van der Waals surface area contributed by atoms with Crippen LogP contribution in [0.25, 0.3) is 0 Å². The summed E-state index contributed by atoms with van der Waals surface area (Å²) in [6.45, 7) is 3.05. The van der Waals surface area contributed by atoms with E-state index in [1.165, 1.54) is 26.6 Å². The second kappa shape index (κ2) is 18.2. The normalized spacial score (nSPS) is 18.2. The fourth-order valence-electron chi connectivity index (χ4n) is 7.47. The predicted molar refractivity (Wildman–Crippen MR) is 215 cm³/mol. The van der Waals surface area contributed by atoms with Gasteiger partial charge in [0.2, 0.25) is 0 Å². The van der Waals surface area contributed by atoms with E-state index in [2.05, 4.69) is 10.2 Å². The van der Waals surface area contributed by atoms with Gasteiger partial charge in [0.05, 0.1) is 25.8 Å². The highest BCUT2D eigenvalue weighted by Gasteiger charge is 2.37. The van der Waals surface area contributed by atoms with Gasteiger partial charge in [0, 0.05) is 18.5 Å². The number of nitrogens with zero attached hydrogens (tertiary/aromatic N) is 2. The third-order valence-electron chi connectivity index (χ3n) is 10.5. The van der Waals surface area contributed by atoms with Gasteiger partial charge in [0.25, 0.3) is 0 Å². The molecule has 2 bridgehead atoms. The number of piperidine rings is 3. The Kier molecular flexibility index (Phi) is 12.7. The van der Waals surface area contributed by atoms with Gasteiger partial charge in [-0.05, 0) is 90.5 Å². The Balaban J connectivity index is 1.06. The van der Waals surface area contributed by atoms with Gasteiger partial charge < -0.3 is 34.2 Å².